The first-order valence-corrected chi connectivity index (χ1v) is 11.0. The van der Waals surface area contributed by atoms with Gasteiger partial charge >= 0.3 is 0 Å². The summed E-state index contributed by atoms with van der Waals surface area (Å²) in [6.45, 7) is 13.8. The van der Waals surface area contributed by atoms with Crippen LogP contribution in [0.2, 0.25) is 0 Å². The molecule has 152 valence electrons. The lowest BCUT2D eigenvalue weighted by Crippen LogP contribution is -2.40. The van der Waals surface area contributed by atoms with Crippen molar-refractivity contribution in [1.29, 1.82) is 0 Å². The molecule has 2 heteroatoms. The second-order valence-corrected chi connectivity index (χ2v) is 9.68. The van der Waals surface area contributed by atoms with Gasteiger partial charge < -0.3 is 0 Å². The molecule has 0 amide bonds. The van der Waals surface area contributed by atoms with Gasteiger partial charge in [0, 0.05) is 5.41 Å². The van der Waals surface area contributed by atoms with E-state index in [0.29, 0.717) is 11.8 Å². The van der Waals surface area contributed by atoms with Crippen molar-refractivity contribution >= 4 is 11.0 Å². The van der Waals surface area contributed by atoms with Gasteiger partial charge in [-0.15, -0.1) is 0 Å². The quantitative estimate of drug-likeness (QED) is 0.274. The zero-order chi connectivity index (χ0) is 21.2. The Morgan fingerprint density at radius 1 is 0.767 bits per heavy atom. The molecule has 0 aliphatic carbocycles. The zero-order valence-electron chi connectivity index (χ0n) is 18.8. The van der Waals surface area contributed by atoms with Gasteiger partial charge in [0.1, 0.15) is 0 Å². The highest BCUT2D eigenvalue weighted by atomic mass is 15.2. The van der Waals surface area contributed by atoms with Crippen molar-refractivity contribution in [3.05, 3.63) is 89.2 Å². The summed E-state index contributed by atoms with van der Waals surface area (Å²) in [4.78, 5) is 0. The van der Waals surface area contributed by atoms with Crippen LogP contribution in [0.4, 0.5) is 0 Å². The van der Waals surface area contributed by atoms with Crippen molar-refractivity contribution in [2.75, 3.05) is 0 Å². The Hall–Kier alpha value is -2.87. The highest BCUT2D eigenvalue weighted by Crippen LogP contribution is 2.42. The van der Waals surface area contributed by atoms with E-state index in [-0.39, 0.29) is 5.41 Å². The van der Waals surface area contributed by atoms with Crippen molar-refractivity contribution in [1.82, 2.24) is 4.57 Å². The number of imidazole rings is 1. The van der Waals surface area contributed by atoms with Crippen LogP contribution in [-0.4, -0.2) is 4.57 Å². The lowest BCUT2D eigenvalue weighted by molar-refractivity contribution is -0.575. The van der Waals surface area contributed by atoms with Gasteiger partial charge in [-0.25, -0.2) is 0 Å². The molecule has 5 rings (SSSR count). The van der Waals surface area contributed by atoms with E-state index in [4.69, 9.17) is 0 Å². The van der Waals surface area contributed by atoms with Crippen LogP contribution in [0, 0.1) is 6.33 Å². The molecule has 0 radical (unpaired) electrons. The maximum absolute atomic E-state index is 3.77. The highest BCUT2D eigenvalue weighted by molar-refractivity contribution is 5.82. The molecule has 2 nitrogen and oxygen atoms in total. The van der Waals surface area contributed by atoms with Gasteiger partial charge in [0.25, 0.3) is 6.33 Å². The molecule has 3 aromatic carbocycles. The van der Waals surface area contributed by atoms with Crippen molar-refractivity contribution in [3.63, 3.8) is 0 Å². The van der Waals surface area contributed by atoms with Crippen LogP contribution in [0.3, 0.4) is 0 Å². The fraction of sp³-hybridized carbons (Fsp3) is 0.321. The Morgan fingerprint density at radius 2 is 1.37 bits per heavy atom. The molecule has 0 bridgehead atoms. The number of rotatable bonds is 3. The number of hydrogen-bond acceptors (Lipinski definition) is 0. The largest absolute Gasteiger partial charge is 0.291 e. The van der Waals surface area contributed by atoms with Crippen molar-refractivity contribution in [2.24, 2.45) is 0 Å². The number of para-hydroxylation sites is 3. The Labute approximate surface area is 179 Å². The Morgan fingerprint density at radius 3 is 2.03 bits per heavy atom. The third kappa shape index (κ3) is 2.52. The third-order valence-electron chi connectivity index (χ3n) is 6.74. The number of aromatic nitrogens is 2. The molecule has 0 spiro atoms. The molecular formula is C28H30N2. The van der Waals surface area contributed by atoms with Crippen LogP contribution in [0.15, 0.2) is 60.7 Å². The summed E-state index contributed by atoms with van der Waals surface area (Å²) in [5.74, 6) is 0.880. The first-order chi connectivity index (χ1) is 14.3. The maximum Gasteiger partial charge on any atom is 0.269 e. The van der Waals surface area contributed by atoms with E-state index < -0.39 is 0 Å². The summed E-state index contributed by atoms with van der Waals surface area (Å²) >= 11 is 0. The van der Waals surface area contributed by atoms with Crippen LogP contribution in [0.5, 0.6) is 0 Å². The molecule has 1 aromatic heterocycles. The second kappa shape index (κ2) is 6.57. The molecule has 0 saturated heterocycles. The predicted octanol–water partition coefficient (Wildman–Crippen LogP) is 6.59. The summed E-state index contributed by atoms with van der Waals surface area (Å²) < 4.78 is 4.61. The highest BCUT2D eigenvalue weighted by Gasteiger charge is 2.34. The second-order valence-electron chi connectivity index (χ2n) is 9.68. The van der Waals surface area contributed by atoms with Gasteiger partial charge in [0.15, 0.2) is 0 Å². The first-order valence-electron chi connectivity index (χ1n) is 11.0. The summed E-state index contributed by atoms with van der Waals surface area (Å²) in [6, 6.07) is 22.3. The molecule has 4 aromatic rings. The molecule has 0 atom stereocenters. The number of hydrogen-bond donors (Lipinski definition) is 0. The van der Waals surface area contributed by atoms with Gasteiger partial charge in [-0.2, -0.15) is 0 Å². The van der Waals surface area contributed by atoms with E-state index in [1.807, 2.05) is 0 Å². The van der Waals surface area contributed by atoms with Crippen LogP contribution < -0.4 is 4.57 Å². The summed E-state index contributed by atoms with van der Waals surface area (Å²) in [7, 11) is 0. The molecule has 1 aliphatic rings. The van der Waals surface area contributed by atoms with Gasteiger partial charge in [-0.3, -0.25) is 9.13 Å². The molecule has 0 unspecified atom stereocenters. The Kier molecular flexibility index (Phi) is 4.18. The Bertz CT molecular complexity index is 1250. The third-order valence-corrected chi connectivity index (χ3v) is 6.74. The first kappa shape index (κ1) is 19.1. The van der Waals surface area contributed by atoms with Crippen molar-refractivity contribution < 1.29 is 4.57 Å². The molecule has 0 N–H and O–H groups in total. The van der Waals surface area contributed by atoms with Crippen molar-refractivity contribution in [2.45, 2.75) is 58.8 Å². The van der Waals surface area contributed by atoms with Gasteiger partial charge in [0.05, 0.1) is 22.4 Å². The lowest BCUT2D eigenvalue weighted by Gasteiger charge is -2.34. The predicted molar refractivity (Wildman–Crippen MR) is 124 cm³/mol. The molecule has 1 aliphatic heterocycles. The normalized spacial score (nSPS) is 14.5. The average Bonchev–Trinajstić information content (AvgIpc) is 3.11. The fourth-order valence-electron chi connectivity index (χ4n) is 5.11. The van der Waals surface area contributed by atoms with E-state index in [0.717, 1.165) is 0 Å². The lowest BCUT2D eigenvalue weighted by atomic mass is 9.75. The molecule has 30 heavy (non-hydrogen) atoms. The minimum Gasteiger partial charge on any atom is -0.291 e. The zero-order valence-corrected chi connectivity index (χ0v) is 18.8. The smallest absolute Gasteiger partial charge is 0.269 e. The van der Waals surface area contributed by atoms with Crippen molar-refractivity contribution in [3.8, 4) is 11.4 Å². The minimum absolute atomic E-state index is 0.0471. The monoisotopic (exact) mass is 394 g/mol. The van der Waals surface area contributed by atoms with E-state index in [1.165, 1.54) is 44.7 Å². The van der Waals surface area contributed by atoms with Crippen LogP contribution in [0.1, 0.15) is 75.6 Å². The van der Waals surface area contributed by atoms with E-state index in [1.54, 1.807) is 0 Å². The average molecular weight is 395 g/mol. The van der Waals surface area contributed by atoms with E-state index in [2.05, 4.69) is 118 Å². The molecule has 0 fully saturated rings. The Balaban J connectivity index is 1.94. The van der Waals surface area contributed by atoms with Gasteiger partial charge in [-0.1, -0.05) is 96.1 Å². The minimum atomic E-state index is -0.0471. The standard InChI is InChI=1S/C28H30N2/c1-18(2)20-11-9-12-21(19(3)4)26(20)30-17-29-24-15-8-7-13-22(24)28(5,6)23-14-10-16-25(30)27(23)29/h7-16,18-19H,1-6H3. The molecule has 0 saturated carbocycles. The van der Waals surface area contributed by atoms with Gasteiger partial charge in [0.2, 0.25) is 0 Å². The fourth-order valence-corrected chi connectivity index (χ4v) is 5.11. The van der Waals surface area contributed by atoms with Gasteiger partial charge in [-0.05, 0) is 40.2 Å². The van der Waals surface area contributed by atoms with Crippen LogP contribution >= 0.6 is 0 Å². The molecule has 2 heterocycles. The number of nitrogens with zero attached hydrogens (tertiary/aromatic N) is 2. The number of benzene rings is 3. The molecular weight excluding hydrogens is 364 g/mol. The van der Waals surface area contributed by atoms with Crippen LogP contribution in [0.25, 0.3) is 22.4 Å². The number of fused-ring (bicyclic) bond motifs is 2. The van der Waals surface area contributed by atoms with E-state index in [9.17, 15) is 0 Å². The van der Waals surface area contributed by atoms with E-state index >= 15 is 0 Å². The summed E-state index contributed by atoms with van der Waals surface area (Å²) in [6.07, 6.45) is 3.77. The summed E-state index contributed by atoms with van der Waals surface area (Å²) in [5, 5.41) is 0. The SMILES string of the molecule is CC(C)c1cccc(C(C)C)c1-n1[c-][n+]2c3c(cccc31)C(C)(C)c1ccccc1-2. The van der Waals surface area contributed by atoms with Crippen LogP contribution in [-0.2, 0) is 5.41 Å². The summed E-state index contributed by atoms with van der Waals surface area (Å²) in [5.41, 5.74) is 10.4. The topological polar surface area (TPSA) is 8.81 Å². The maximum atomic E-state index is 3.77.